The van der Waals surface area contributed by atoms with Crippen LogP contribution in [0, 0.1) is 23.3 Å². The number of amides is 1. The van der Waals surface area contributed by atoms with Crippen molar-refractivity contribution >= 4 is 15.9 Å². The fourth-order valence-electron chi connectivity index (χ4n) is 3.03. The molecule has 1 aromatic rings. The highest BCUT2D eigenvalue weighted by Crippen LogP contribution is 2.27. The van der Waals surface area contributed by atoms with E-state index in [4.69, 9.17) is 4.74 Å². The Morgan fingerprint density at radius 3 is 2.12 bits per heavy atom. The summed E-state index contributed by atoms with van der Waals surface area (Å²) in [6.45, 7) is -0.0536. The molecule has 0 aromatic heterocycles. The maximum absolute atomic E-state index is 13.8. The number of carbonyl (C=O) groups excluding carboxylic acids is 1. The molecule has 1 unspecified atom stereocenters. The molecule has 0 aliphatic carbocycles. The van der Waals surface area contributed by atoms with Gasteiger partial charge in [-0.15, -0.1) is 0 Å². The molecule has 1 atom stereocenters. The van der Waals surface area contributed by atoms with Crippen LogP contribution in [0.2, 0.25) is 0 Å². The zero-order chi connectivity index (χ0) is 19.1. The lowest BCUT2D eigenvalue weighted by Crippen LogP contribution is -2.53. The Hall–Kier alpha value is -1.72. The largest absolute Gasteiger partial charge is 0.368 e. The van der Waals surface area contributed by atoms with Gasteiger partial charge in [0.25, 0.3) is 5.91 Å². The summed E-state index contributed by atoms with van der Waals surface area (Å²) in [6, 6.07) is -0.0537. The Morgan fingerprint density at radius 2 is 1.62 bits per heavy atom. The van der Waals surface area contributed by atoms with E-state index < -0.39 is 44.3 Å². The number of halogens is 4. The van der Waals surface area contributed by atoms with Gasteiger partial charge in [0, 0.05) is 38.9 Å². The summed E-state index contributed by atoms with van der Waals surface area (Å²) in [7, 11) is -4.80. The van der Waals surface area contributed by atoms with E-state index in [1.54, 1.807) is 0 Å². The maximum Gasteiger partial charge on any atom is 0.251 e. The second-order valence-electron chi connectivity index (χ2n) is 6.03. The summed E-state index contributed by atoms with van der Waals surface area (Å²) in [5.41, 5.74) is 0. The summed E-state index contributed by atoms with van der Waals surface area (Å²) in [6.07, 6.45) is 0.774. The molecule has 2 aliphatic rings. The van der Waals surface area contributed by atoms with Gasteiger partial charge in [0.2, 0.25) is 10.0 Å². The Morgan fingerprint density at radius 1 is 1.04 bits per heavy atom. The van der Waals surface area contributed by atoms with Crippen molar-refractivity contribution in [2.24, 2.45) is 0 Å². The zero-order valence-corrected chi connectivity index (χ0v) is 14.4. The molecular weight excluding hydrogens is 380 g/mol. The average Bonchev–Trinajstić information content (AvgIpc) is 3.14. The minimum Gasteiger partial charge on any atom is -0.368 e. The van der Waals surface area contributed by atoms with Gasteiger partial charge in [-0.25, -0.2) is 26.0 Å². The fourth-order valence-corrected chi connectivity index (χ4v) is 4.58. The molecule has 0 N–H and O–H groups in total. The second-order valence-corrected chi connectivity index (χ2v) is 7.90. The zero-order valence-electron chi connectivity index (χ0n) is 13.6. The van der Waals surface area contributed by atoms with Gasteiger partial charge in [-0.2, -0.15) is 4.31 Å². The van der Waals surface area contributed by atoms with Crippen LogP contribution in [0.25, 0.3) is 0 Å². The molecule has 2 fully saturated rings. The molecule has 2 heterocycles. The van der Waals surface area contributed by atoms with E-state index in [1.807, 2.05) is 0 Å². The van der Waals surface area contributed by atoms with E-state index in [9.17, 15) is 30.8 Å². The minimum absolute atomic E-state index is 0.0149. The smallest absolute Gasteiger partial charge is 0.251 e. The number of hydrogen-bond donors (Lipinski definition) is 0. The monoisotopic (exact) mass is 396 g/mol. The highest BCUT2D eigenvalue weighted by Gasteiger charge is 2.38. The normalized spacial score (nSPS) is 22.0. The van der Waals surface area contributed by atoms with Crippen LogP contribution < -0.4 is 0 Å². The third kappa shape index (κ3) is 3.30. The number of nitrogens with zero attached hydrogens (tertiary/aromatic N) is 2. The lowest BCUT2D eigenvalue weighted by molar-refractivity contribution is -0.142. The Bertz CT molecular complexity index is 793. The molecule has 2 saturated heterocycles. The van der Waals surface area contributed by atoms with Crippen LogP contribution in [-0.2, 0) is 19.6 Å². The highest BCUT2D eigenvalue weighted by atomic mass is 32.2. The number of hydrogen-bond acceptors (Lipinski definition) is 4. The maximum atomic E-state index is 13.8. The van der Waals surface area contributed by atoms with Crippen LogP contribution >= 0.6 is 0 Å². The molecule has 2 aliphatic heterocycles. The van der Waals surface area contributed by atoms with Crippen molar-refractivity contribution in [1.82, 2.24) is 9.21 Å². The average molecular weight is 396 g/mol. The number of sulfonamides is 1. The van der Waals surface area contributed by atoms with E-state index in [2.05, 4.69) is 0 Å². The molecule has 0 bridgehead atoms. The van der Waals surface area contributed by atoms with E-state index in [1.165, 1.54) is 4.90 Å². The number of piperazine rings is 1. The van der Waals surface area contributed by atoms with Crippen molar-refractivity contribution in [1.29, 1.82) is 0 Å². The van der Waals surface area contributed by atoms with Gasteiger partial charge in [-0.05, 0) is 12.8 Å². The van der Waals surface area contributed by atoms with E-state index in [-0.39, 0.29) is 38.2 Å². The van der Waals surface area contributed by atoms with Crippen LogP contribution in [-0.4, -0.2) is 62.4 Å². The fraction of sp³-hybridized carbons (Fsp3) is 0.533. The molecule has 0 saturated carbocycles. The molecule has 26 heavy (non-hydrogen) atoms. The minimum atomic E-state index is -4.80. The van der Waals surface area contributed by atoms with Crippen LogP contribution in [0.15, 0.2) is 11.0 Å². The first-order valence-corrected chi connectivity index (χ1v) is 9.41. The van der Waals surface area contributed by atoms with Crippen molar-refractivity contribution < 1.29 is 35.5 Å². The molecular formula is C15H16F4N2O4S. The van der Waals surface area contributed by atoms with E-state index in [0.717, 1.165) is 6.42 Å². The summed E-state index contributed by atoms with van der Waals surface area (Å²) < 4.78 is 85.2. The number of rotatable bonds is 3. The lowest BCUT2D eigenvalue weighted by Gasteiger charge is -2.35. The number of ether oxygens (including phenoxy) is 1. The van der Waals surface area contributed by atoms with Gasteiger partial charge >= 0.3 is 0 Å². The topological polar surface area (TPSA) is 66.9 Å². The van der Waals surface area contributed by atoms with Crippen molar-refractivity contribution in [2.75, 3.05) is 32.8 Å². The number of benzene rings is 1. The summed E-state index contributed by atoms with van der Waals surface area (Å²) in [4.78, 5) is 12.0. The molecule has 1 aromatic carbocycles. The van der Waals surface area contributed by atoms with Gasteiger partial charge in [-0.1, -0.05) is 0 Å². The Kier molecular flexibility index (Phi) is 5.22. The van der Waals surface area contributed by atoms with Crippen molar-refractivity contribution in [3.63, 3.8) is 0 Å². The van der Waals surface area contributed by atoms with Gasteiger partial charge in [-0.3, -0.25) is 4.79 Å². The molecule has 0 radical (unpaired) electrons. The molecule has 11 heteroatoms. The third-order valence-corrected chi connectivity index (χ3v) is 6.34. The Balaban J connectivity index is 1.78. The molecule has 144 valence electrons. The summed E-state index contributed by atoms with van der Waals surface area (Å²) in [5, 5.41) is 0. The van der Waals surface area contributed by atoms with Crippen LogP contribution in [0.4, 0.5) is 17.6 Å². The predicted molar refractivity (Wildman–Crippen MR) is 80.6 cm³/mol. The van der Waals surface area contributed by atoms with Crippen molar-refractivity contribution in [2.45, 2.75) is 23.8 Å². The first kappa shape index (κ1) is 19.1. The van der Waals surface area contributed by atoms with Gasteiger partial charge < -0.3 is 9.64 Å². The molecule has 1 amide bonds. The summed E-state index contributed by atoms with van der Waals surface area (Å²) in [5.74, 6) is -7.80. The van der Waals surface area contributed by atoms with Gasteiger partial charge in [0.05, 0.1) is 0 Å². The third-order valence-electron chi connectivity index (χ3n) is 4.42. The second kappa shape index (κ2) is 7.12. The van der Waals surface area contributed by atoms with E-state index >= 15 is 0 Å². The molecule has 0 spiro atoms. The Labute approximate surface area is 147 Å². The lowest BCUT2D eigenvalue weighted by atomic mass is 10.2. The predicted octanol–water partition coefficient (Wildman–Crippen LogP) is 1.25. The quantitative estimate of drug-likeness (QED) is 0.570. The molecule has 3 rings (SSSR count). The number of carbonyl (C=O) groups is 1. The van der Waals surface area contributed by atoms with E-state index in [0.29, 0.717) is 17.3 Å². The van der Waals surface area contributed by atoms with Crippen LogP contribution in [0.1, 0.15) is 12.8 Å². The first-order valence-electron chi connectivity index (χ1n) is 7.97. The molecule has 6 nitrogen and oxygen atoms in total. The van der Waals surface area contributed by atoms with Crippen LogP contribution in [0.5, 0.6) is 0 Å². The first-order chi connectivity index (χ1) is 12.2. The standard InChI is InChI=1S/C15H16F4N2O4S/c16-9-8-10(17)13(19)14(12(9)18)26(23,24)21-5-3-20(4-6-21)15(22)11-2-1-7-25-11/h8,11H,1-7H2. The van der Waals surface area contributed by atoms with Crippen molar-refractivity contribution in [3.8, 4) is 0 Å². The summed E-state index contributed by atoms with van der Waals surface area (Å²) >= 11 is 0. The van der Waals surface area contributed by atoms with Crippen LogP contribution in [0.3, 0.4) is 0 Å². The van der Waals surface area contributed by atoms with Crippen molar-refractivity contribution in [3.05, 3.63) is 29.3 Å². The highest BCUT2D eigenvalue weighted by molar-refractivity contribution is 7.89. The SMILES string of the molecule is O=C(C1CCCO1)N1CCN(S(=O)(=O)c2c(F)c(F)cc(F)c2F)CC1. The van der Waals surface area contributed by atoms with Gasteiger partial charge in [0.1, 0.15) is 6.10 Å². The van der Waals surface area contributed by atoms with Gasteiger partial charge in [0.15, 0.2) is 28.2 Å².